The third-order valence-electron chi connectivity index (χ3n) is 4.58. The molecule has 0 aliphatic carbocycles. The average molecular weight is 391 g/mol. The van der Waals surface area contributed by atoms with Crippen LogP contribution in [-0.4, -0.2) is 23.2 Å². The number of aromatic nitrogens is 2. The van der Waals surface area contributed by atoms with Gasteiger partial charge in [-0.1, -0.05) is 24.3 Å². The van der Waals surface area contributed by atoms with Crippen LogP contribution in [0.1, 0.15) is 11.1 Å². The van der Waals surface area contributed by atoms with Crippen LogP contribution in [0.5, 0.6) is 0 Å². The molecule has 0 fully saturated rings. The van der Waals surface area contributed by atoms with Gasteiger partial charge in [0.1, 0.15) is 13.2 Å². The van der Waals surface area contributed by atoms with Gasteiger partial charge in [-0.25, -0.2) is 0 Å². The highest BCUT2D eigenvalue weighted by atomic mass is 31.1. The van der Waals surface area contributed by atoms with Gasteiger partial charge < -0.3 is 0 Å². The molecule has 0 unspecified atom stereocenters. The smallest absolute Gasteiger partial charge is 0.264 e. The van der Waals surface area contributed by atoms with Crippen LogP contribution in [0.3, 0.4) is 0 Å². The zero-order valence-electron chi connectivity index (χ0n) is 15.3. The topological polar surface area (TPSA) is 61.3 Å². The van der Waals surface area contributed by atoms with Gasteiger partial charge in [0.05, 0.1) is 0 Å². The van der Waals surface area contributed by atoms with Crippen molar-refractivity contribution in [2.75, 3.05) is 13.2 Å². The molecular formula is C22H20N2O3P+. The third-order valence-corrected chi connectivity index (χ3v) is 5.37. The molecule has 28 heavy (non-hydrogen) atoms. The molecule has 0 bridgehead atoms. The van der Waals surface area contributed by atoms with E-state index in [0.717, 1.165) is 32.7 Å². The summed E-state index contributed by atoms with van der Waals surface area (Å²) in [5, 5.41) is 4.48. The molecule has 140 valence electrons. The Balaban J connectivity index is 1.21. The molecule has 0 spiro atoms. The van der Waals surface area contributed by atoms with Crippen molar-refractivity contribution in [2.45, 2.75) is 12.8 Å². The lowest BCUT2D eigenvalue weighted by atomic mass is 10.1. The molecule has 2 aromatic heterocycles. The fraction of sp³-hybridized carbons (Fsp3) is 0.182. The predicted molar refractivity (Wildman–Crippen MR) is 110 cm³/mol. The highest BCUT2D eigenvalue weighted by Crippen LogP contribution is 2.25. The maximum absolute atomic E-state index is 11.9. The van der Waals surface area contributed by atoms with Crippen LogP contribution in [0.2, 0.25) is 0 Å². The van der Waals surface area contributed by atoms with Crippen LogP contribution in [0.4, 0.5) is 0 Å². The van der Waals surface area contributed by atoms with Crippen LogP contribution in [0.25, 0.3) is 21.5 Å². The molecule has 0 saturated carbocycles. The van der Waals surface area contributed by atoms with Gasteiger partial charge in [-0.15, -0.1) is 9.05 Å². The van der Waals surface area contributed by atoms with E-state index in [-0.39, 0.29) is 0 Å². The normalized spacial score (nSPS) is 11.1. The summed E-state index contributed by atoms with van der Waals surface area (Å²) >= 11 is 0. The lowest BCUT2D eigenvalue weighted by molar-refractivity contribution is 0.229. The molecule has 0 radical (unpaired) electrons. The minimum atomic E-state index is -2.12. The van der Waals surface area contributed by atoms with Crippen molar-refractivity contribution in [3.8, 4) is 0 Å². The van der Waals surface area contributed by atoms with Crippen LogP contribution in [0.15, 0.2) is 73.3 Å². The Morgan fingerprint density at radius 3 is 1.68 bits per heavy atom. The number of fused-ring (bicyclic) bond motifs is 2. The molecule has 4 aromatic rings. The summed E-state index contributed by atoms with van der Waals surface area (Å²) in [6.45, 7) is 0.700. The van der Waals surface area contributed by atoms with Gasteiger partial charge in [0.15, 0.2) is 0 Å². The standard InChI is InChI=1S/C22H20N2O3P/c25-28(26-11-7-17-1-3-19-5-9-23-15-21(19)13-17)27-12-8-18-2-4-20-6-10-24-16-22(20)14-18/h1-6,9-10,13-16H,7-8,11-12H2/q+1. The second kappa shape index (κ2) is 8.98. The summed E-state index contributed by atoms with van der Waals surface area (Å²) in [5.41, 5.74) is 2.24. The number of hydrogen-bond acceptors (Lipinski definition) is 5. The van der Waals surface area contributed by atoms with Gasteiger partial charge in [-0.05, 0) is 46.2 Å². The SMILES string of the molecule is O=[P+](OCCc1ccc2ccncc2c1)OCCc1ccc2ccncc2c1. The van der Waals surface area contributed by atoms with E-state index in [2.05, 4.69) is 34.2 Å². The Kier molecular flexibility index (Phi) is 5.98. The molecule has 0 atom stereocenters. The maximum Gasteiger partial charge on any atom is 0.697 e. The first-order valence-electron chi connectivity index (χ1n) is 9.16. The fourth-order valence-corrected chi connectivity index (χ4v) is 3.65. The Morgan fingerprint density at radius 2 is 1.18 bits per heavy atom. The van der Waals surface area contributed by atoms with Crippen molar-refractivity contribution < 1.29 is 13.6 Å². The van der Waals surface area contributed by atoms with E-state index in [1.165, 1.54) is 0 Å². The van der Waals surface area contributed by atoms with Crippen molar-refractivity contribution in [3.05, 3.63) is 84.4 Å². The lowest BCUT2D eigenvalue weighted by Crippen LogP contribution is -1.97. The average Bonchev–Trinajstić information content (AvgIpc) is 2.73. The summed E-state index contributed by atoms with van der Waals surface area (Å²) in [5.74, 6) is 0. The van der Waals surface area contributed by atoms with Gasteiger partial charge in [0.25, 0.3) is 0 Å². The number of benzene rings is 2. The largest absolute Gasteiger partial charge is 0.697 e. The Morgan fingerprint density at radius 1 is 0.679 bits per heavy atom. The Labute approximate surface area is 164 Å². The molecule has 4 rings (SSSR count). The molecule has 0 aliphatic rings. The number of nitrogens with zero attached hydrogens (tertiary/aromatic N) is 2. The highest BCUT2D eigenvalue weighted by Gasteiger charge is 2.19. The second-order valence-corrected chi connectivity index (χ2v) is 7.47. The van der Waals surface area contributed by atoms with E-state index in [0.29, 0.717) is 26.1 Å². The zero-order chi connectivity index (χ0) is 19.2. The van der Waals surface area contributed by atoms with Crippen LogP contribution in [-0.2, 0) is 26.5 Å². The number of rotatable bonds is 8. The van der Waals surface area contributed by atoms with Crippen LogP contribution in [0, 0.1) is 0 Å². The lowest BCUT2D eigenvalue weighted by Gasteiger charge is -2.02. The van der Waals surface area contributed by atoms with Gasteiger partial charge in [0.2, 0.25) is 0 Å². The van der Waals surface area contributed by atoms with Crippen molar-refractivity contribution >= 4 is 29.8 Å². The van der Waals surface area contributed by atoms with E-state index < -0.39 is 8.25 Å². The van der Waals surface area contributed by atoms with E-state index in [4.69, 9.17) is 9.05 Å². The number of pyridine rings is 2. The van der Waals surface area contributed by atoms with Crippen LogP contribution < -0.4 is 0 Å². The fourth-order valence-electron chi connectivity index (χ4n) is 3.09. The van der Waals surface area contributed by atoms with Crippen LogP contribution >= 0.6 is 8.25 Å². The van der Waals surface area contributed by atoms with E-state index in [9.17, 15) is 4.57 Å². The molecule has 0 saturated heterocycles. The van der Waals surface area contributed by atoms with E-state index >= 15 is 0 Å². The van der Waals surface area contributed by atoms with Crippen molar-refractivity contribution in [3.63, 3.8) is 0 Å². The second-order valence-electron chi connectivity index (χ2n) is 6.50. The Hall–Kier alpha value is -2.72. The quantitative estimate of drug-likeness (QED) is 0.384. The zero-order valence-corrected chi connectivity index (χ0v) is 16.2. The van der Waals surface area contributed by atoms with E-state index in [1.807, 2.05) is 36.7 Å². The van der Waals surface area contributed by atoms with Gasteiger partial charge >= 0.3 is 8.25 Å². The summed E-state index contributed by atoms with van der Waals surface area (Å²) < 4.78 is 22.6. The molecule has 0 amide bonds. The summed E-state index contributed by atoms with van der Waals surface area (Å²) in [6.07, 6.45) is 8.59. The summed E-state index contributed by atoms with van der Waals surface area (Å²) in [4.78, 5) is 8.27. The van der Waals surface area contributed by atoms with Crippen molar-refractivity contribution in [2.24, 2.45) is 0 Å². The first-order valence-corrected chi connectivity index (χ1v) is 10.3. The predicted octanol–water partition coefficient (Wildman–Crippen LogP) is 5.26. The maximum atomic E-state index is 11.9. The monoisotopic (exact) mass is 391 g/mol. The summed E-state index contributed by atoms with van der Waals surface area (Å²) in [7, 11) is -2.12. The van der Waals surface area contributed by atoms with Gasteiger partial charge in [-0.3, -0.25) is 9.97 Å². The molecule has 0 aliphatic heterocycles. The minimum absolute atomic E-state index is 0.350. The minimum Gasteiger partial charge on any atom is -0.264 e. The first kappa shape index (κ1) is 18.6. The molecular weight excluding hydrogens is 371 g/mol. The Bertz CT molecular complexity index is 1030. The third kappa shape index (κ3) is 4.76. The van der Waals surface area contributed by atoms with Gasteiger partial charge in [0, 0.05) is 53.0 Å². The molecule has 5 nitrogen and oxygen atoms in total. The van der Waals surface area contributed by atoms with Crippen molar-refractivity contribution in [1.82, 2.24) is 9.97 Å². The van der Waals surface area contributed by atoms with Gasteiger partial charge in [-0.2, -0.15) is 0 Å². The highest BCUT2D eigenvalue weighted by molar-refractivity contribution is 7.33. The molecule has 2 heterocycles. The first-order chi connectivity index (χ1) is 13.8. The van der Waals surface area contributed by atoms with E-state index in [1.54, 1.807) is 12.4 Å². The van der Waals surface area contributed by atoms with Crippen molar-refractivity contribution in [1.29, 1.82) is 0 Å². The molecule has 6 heteroatoms. The summed E-state index contributed by atoms with van der Waals surface area (Å²) in [6, 6.07) is 16.3. The molecule has 2 aromatic carbocycles. The molecule has 0 N–H and O–H groups in total. The number of hydrogen-bond donors (Lipinski definition) is 0.